The summed E-state index contributed by atoms with van der Waals surface area (Å²) < 4.78 is 27.2. The zero-order chi connectivity index (χ0) is 17.7. The van der Waals surface area contributed by atoms with Gasteiger partial charge in [-0.05, 0) is 48.9 Å². The Bertz CT molecular complexity index is 925. The van der Waals surface area contributed by atoms with Crippen LogP contribution in [0.5, 0.6) is 0 Å². The summed E-state index contributed by atoms with van der Waals surface area (Å²) in [6.45, 7) is 2.54. The molecule has 0 saturated carbocycles. The predicted octanol–water partition coefficient (Wildman–Crippen LogP) is 3.20. The van der Waals surface area contributed by atoms with E-state index in [4.69, 9.17) is 0 Å². The Kier molecular flexibility index (Phi) is 4.95. The van der Waals surface area contributed by atoms with Crippen molar-refractivity contribution in [2.45, 2.75) is 18.4 Å². The molecule has 0 bridgehead atoms. The molecule has 2 heterocycles. The number of benzene rings is 1. The molecule has 0 unspecified atom stereocenters. The first kappa shape index (κ1) is 16.9. The first-order valence-electron chi connectivity index (χ1n) is 7.71. The van der Waals surface area contributed by atoms with Gasteiger partial charge in [-0.2, -0.15) is 0 Å². The fraction of sp³-hybridized carbons (Fsp3) is 0.111. The van der Waals surface area contributed by atoms with E-state index < -0.39 is 10.0 Å². The third kappa shape index (κ3) is 4.54. The average molecular weight is 354 g/mol. The monoisotopic (exact) mass is 354 g/mol. The second-order valence-electron chi connectivity index (χ2n) is 5.56. The molecule has 0 spiro atoms. The fourth-order valence-electron chi connectivity index (χ4n) is 2.18. The maximum atomic E-state index is 12.3. The summed E-state index contributed by atoms with van der Waals surface area (Å²) >= 11 is 0. The second kappa shape index (κ2) is 7.31. The molecule has 1 aromatic carbocycles. The van der Waals surface area contributed by atoms with E-state index in [1.165, 1.54) is 0 Å². The van der Waals surface area contributed by atoms with Crippen molar-refractivity contribution in [1.29, 1.82) is 0 Å². The number of sulfonamides is 1. The van der Waals surface area contributed by atoms with Crippen molar-refractivity contribution in [3.8, 4) is 0 Å². The van der Waals surface area contributed by atoms with Crippen LogP contribution in [0.1, 0.15) is 11.1 Å². The van der Waals surface area contributed by atoms with E-state index in [9.17, 15) is 8.42 Å². The molecular weight excluding hydrogens is 336 g/mol. The molecule has 0 fully saturated rings. The van der Waals surface area contributed by atoms with Crippen LogP contribution in [0.2, 0.25) is 0 Å². The minimum Gasteiger partial charge on any atom is -0.380 e. The van der Waals surface area contributed by atoms with Gasteiger partial charge in [0, 0.05) is 18.9 Å². The van der Waals surface area contributed by atoms with E-state index in [0.717, 1.165) is 16.8 Å². The molecule has 0 radical (unpaired) electrons. The van der Waals surface area contributed by atoms with Gasteiger partial charge in [0.2, 0.25) is 0 Å². The highest BCUT2D eigenvalue weighted by atomic mass is 32.2. The number of rotatable bonds is 6. The van der Waals surface area contributed by atoms with Gasteiger partial charge in [-0.3, -0.25) is 9.71 Å². The number of anilines is 2. The van der Waals surface area contributed by atoms with Crippen LogP contribution < -0.4 is 10.0 Å². The van der Waals surface area contributed by atoms with Crippen molar-refractivity contribution >= 4 is 21.5 Å². The van der Waals surface area contributed by atoms with Gasteiger partial charge in [0.1, 0.15) is 5.82 Å². The van der Waals surface area contributed by atoms with Crippen LogP contribution in [0.4, 0.5) is 11.5 Å². The highest BCUT2D eigenvalue weighted by molar-refractivity contribution is 7.92. The van der Waals surface area contributed by atoms with Crippen LogP contribution in [0.25, 0.3) is 0 Å². The van der Waals surface area contributed by atoms with E-state index in [1.807, 2.05) is 19.1 Å². The van der Waals surface area contributed by atoms with E-state index in [0.29, 0.717) is 6.54 Å². The Balaban J connectivity index is 1.65. The normalized spacial score (nSPS) is 11.1. The lowest BCUT2D eigenvalue weighted by atomic mass is 10.2. The molecule has 7 heteroatoms. The number of nitrogens with zero attached hydrogens (tertiary/aromatic N) is 2. The Hall–Kier alpha value is -2.93. The van der Waals surface area contributed by atoms with Crippen LogP contribution >= 0.6 is 0 Å². The average Bonchev–Trinajstić information content (AvgIpc) is 2.62. The van der Waals surface area contributed by atoms with Gasteiger partial charge in [0.05, 0.1) is 16.8 Å². The zero-order valence-electron chi connectivity index (χ0n) is 13.7. The molecule has 25 heavy (non-hydrogen) atoms. The number of aryl methyl sites for hydroxylation is 1. The molecule has 0 aliphatic heterocycles. The number of hydrogen-bond acceptors (Lipinski definition) is 5. The van der Waals surface area contributed by atoms with Gasteiger partial charge >= 0.3 is 0 Å². The lowest BCUT2D eigenvalue weighted by molar-refractivity contribution is 0.601. The van der Waals surface area contributed by atoms with Gasteiger partial charge in [0.25, 0.3) is 10.0 Å². The fourth-order valence-corrected chi connectivity index (χ4v) is 3.19. The lowest BCUT2D eigenvalue weighted by Crippen LogP contribution is -2.14. The van der Waals surface area contributed by atoms with Gasteiger partial charge < -0.3 is 5.32 Å². The first-order chi connectivity index (χ1) is 12.0. The molecule has 3 rings (SSSR count). The highest BCUT2D eigenvalue weighted by Gasteiger charge is 2.14. The predicted molar refractivity (Wildman–Crippen MR) is 97.8 cm³/mol. The van der Waals surface area contributed by atoms with E-state index in [2.05, 4.69) is 20.0 Å². The molecule has 0 saturated heterocycles. The molecular formula is C18H18N4O2S. The molecule has 2 N–H and O–H groups in total. The molecule has 2 aromatic heterocycles. The van der Waals surface area contributed by atoms with Crippen molar-refractivity contribution in [2.24, 2.45) is 0 Å². The van der Waals surface area contributed by atoms with Gasteiger partial charge in [-0.1, -0.05) is 17.7 Å². The van der Waals surface area contributed by atoms with Crippen LogP contribution in [0, 0.1) is 6.92 Å². The maximum absolute atomic E-state index is 12.3. The van der Waals surface area contributed by atoms with Crippen molar-refractivity contribution < 1.29 is 8.42 Å². The van der Waals surface area contributed by atoms with E-state index >= 15 is 0 Å². The van der Waals surface area contributed by atoms with E-state index in [-0.39, 0.29) is 10.7 Å². The standard InChI is InChI=1S/C18H18N4O2S/c1-14-2-5-17(6-3-14)25(23,24)22-18-7-4-16(13-21-18)20-12-15-8-10-19-11-9-15/h2-11,13,20H,12H2,1H3,(H,21,22). The second-order valence-corrected chi connectivity index (χ2v) is 7.24. The Morgan fingerprint density at radius 2 is 1.68 bits per heavy atom. The van der Waals surface area contributed by atoms with Crippen molar-refractivity contribution in [2.75, 3.05) is 10.0 Å². The quantitative estimate of drug-likeness (QED) is 0.710. The number of aromatic nitrogens is 2. The molecule has 0 atom stereocenters. The third-order valence-electron chi connectivity index (χ3n) is 3.58. The SMILES string of the molecule is Cc1ccc(S(=O)(=O)Nc2ccc(NCc3ccncc3)cn2)cc1. The number of pyridine rings is 2. The van der Waals surface area contributed by atoms with Crippen LogP contribution in [-0.2, 0) is 16.6 Å². The molecule has 0 aliphatic rings. The van der Waals surface area contributed by atoms with Gasteiger partial charge in [0.15, 0.2) is 0 Å². The van der Waals surface area contributed by atoms with Crippen LogP contribution in [0.3, 0.4) is 0 Å². The minimum absolute atomic E-state index is 0.208. The topological polar surface area (TPSA) is 84.0 Å². The summed E-state index contributed by atoms with van der Waals surface area (Å²) in [6.07, 6.45) is 5.06. The summed E-state index contributed by atoms with van der Waals surface area (Å²) in [4.78, 5) is 8.33. The van der Waals surface area contributed by atoms with Crippen molar-refractivity contribution in [3.63, 3.8) is 0 Å². The molecule has 128 valence electrons. The summed E-state index contributed by atoms with van der Waals surface area (Å²) in [5.41, 5.74) is 2.90. The largest absolute Gasteiger partial charge is 0.380 e. The summed E-state index contributed by atoms with van der Waals surface area (Å²) in [6, 6.07) is 13.9. The Morgan fingerprint density at radius 3 is 2.32 bits per heavy atom. The summed E-state index contributed by atoms with van der Waals surface area (Å²) in [5, 5.41) is 3.22. The summed E-state index contributed by atoms with van der Waals surface area (Å²) in [7, 11) is -3.64. The number of nitrogens with one attached hydrogen (secondary N) is 2. The number of hydrogen-bond donors (Lipinski definition) is 2. The first-order valence-corrected chi connectivity index (χ1v) is 9.19. The van der Waals surface area contributed by atoms with Crippen molar-refractivity contribution in [3.05, 3.63) is 78.2 Å². The molecule has 0 aliphatic carbocycles. The van der Waals surface area contributed by atoms with Crippen LogP contribution in [-0.4, -0.2) is 18.4 Å². The van der Waals surface area contributed by atoms with Gasteiger partial charge in [-0.25, -0.2) is 13.4 Å². The maximum Gasteiger partial charge on any atom is 0.263 e. The Morgan fingerprint density at radius 1 is 0.960 bits per heavy atom. The third-order valence-corrected chi connectivity index (χ3v) is 4.95. The molecule has 6 nitrogen and oxygen atoms in total. The Labute approximate surface area is 147 Å². The zero-order valence-corrected chi connectivity index (χ0v) is 14.5. The molecule has 3 aromatic rings. The lowest BCUT2D eigenvalue weighted by Gasteiger charge is -2.09. The van der Waals surface area contributed by atoms with Gasteiger partial charge in [-0.15, -0.1) is 0 Å². The van der Waals surface area contributed by atoms with E-state index in [1.54, 1.807) is 55.0 Å². The molecule has 0 amide bonds. The smallest absolute Gasteiger partial charge is 0.263 e. The van der Waals surface area contributed by atoms with Crippen LogP contribution in [0.15, 0.2) is 72.0 Å². The summed E-state index contributed by atoms with van der Waals surface area (Å²) in [5.74, 6) is 0.273. The minimum atomic E-state index is -3.64. The highest BCUT2D eigenvalue weighted by Crippen LogP contribution is 2.16. The van der Waals surface area contributed by atoms with Crippen molar-refractivity contribution in [1.82, 2.24) is 9.97 Å².